The lowest BCUT2D eigenvalue weighted by Gasteiger charge is -2.40. The van der Waals surface area contributed by atoms with Gasteiger partial charge in [0.05, 0.1) is 0 Å². The molecule has 7 heteroatoms. The Morgan fingerprint density at radius 1 is 1.10 bits per heavy atom. The van der Waals surface area contributed by atoms with Gasteiger partial charge in [0, 0.05) is 12.5 Å². The van der Waals surface area contributed by atoms with Gasteiger partial charge in [-0.05, 0) is 35.1 Å². The summed E-state index contributed by atoms with van der Waals surface area (Å²) in [6.45, 7) is 2.46. The van der Waals surface area contributed by atoms with E-state index < -0.39 is 24.1 Å². The summed E-state index contributed by atoms with van der Waals surface area (Å²) < 4.78 is 5.54. The number of nitrogens with one attached hydrogen (secondary N) is 1. The zero-order chi connectivity index (χ0) is 22.0. The van der Waals surface area contributed by atoms with Crippen LogP contribution in [0.25, 0.3) is 11.1 Å². The first-order chi connectivity index (χ1) is 15.0. The van der Waals surface area contributed by atoms with Crippen LogP contribution in [-0.4, -0.2) is 53.2 Å². The second-order valence-corrected chi connectivity index (χ2v) is 7.99. The van der Waals surface area contributed by atoms with Crippen molar-refractivity contribution >= 4 is 18.0 Å². The van der Waals surface area contributed by atoms with Crippen molar-refractivity contribution in [3.05, 3.63) is 59.7 Å². The summed E-state index contributed by atoms with van der Waals surface area (Å²) in [6.07, 6.45) is 0.864. The van der Waals surface area contributed by atoms with Crippen LogP contribution < -0.4 is 5.32 Å². The molecule has 2 amide bonds. The number of hydrogen-bond donors (Lipinski definition) is 2. The molecule has 2 atom stereocenters. The number of aliphatic carboxylic acids is 1. The van der Waals surface area contributed by atoms with Gasteiger partial charge in [-0.15, -0.1) is 0 Å². The van der Waals surface area contributed by atoms with Crippen molar-refractivity contribution in [1.82, 2.24) is 10.2 Å². The average Bonchev–Trinajstić information content (AvgIpc) is 3.04. The molecule has 7 nitrogen and oxygen atoms in total. The Morgan fingerprint density at radius 3 is 2.23 bits per heavy atom. The predicted molar refractivity (Wildman–Crippen MR) is 115 cm³/mol. The maximum Gasteiger partial charge on any atom is 0.407 e. The van der Waals surface area contributed by atoms with E-state index in [9.17, 15) is 19.5 Å². The fourth-order valence-corrected chi connectivity index (χ4v) is 4.44. The third-order valence-corrected chi connectivity index (χ3v) is 6.10. The Bertz CT molecular complexity index is 959. The van der Waals surface area contributed by atoms with E-state index in [-0.39, 0.29) is 18.4 Å². The number of ether oxygens (including phenoxy) is 1. The largest absolute Gasteiger partial charge is 0.480 e. The van der Waals surface area contributed by atoms with Gasteiger partial charge in [-0.25, -0.2) is 9.59 Å². The van der Waals surface area contributed by atoms with E-state index in [4.69, 9.17) is 4.74 Å². The summed E-state index contributed by atoms with van der Waals surface area (Å²) in [5.41, 5.74) is 4.51. The maximum atomic E-state index is 12.7. The van der Waals surface area contributed by atoms with Crippen LogP contribution >= 0.6 is 0 Å². The predicted octanol–water partition coefficient (Wildman–Crippen LogP) is 3.38. The third-order valence-electron chi connectivity index (χ3n) is 6.10. The van der Waals surface area contributed by atoms with Crippen LogP contribution in [0.4, 0.5) is 4.79 Å². The molecule has 0 saturated carbocycles. The Kier molecular flexibility index (Phi) is 5.93. The average molecular weight is 422 g/mol. The van der Waals surface area contributed by atoms with Crippen molar-refractivity contribution in [2.45, 2.75) is 44.2 Å². The lowest BCUT2D eigenvalue weighted by molar-refractivity contribution is -0.158. The van der Waals surface area contributed by atoms with Crippen molar-refractivity contribution in [1.29, 1.82) is 0 Å². The molecule has 0 aromatic heterocycles. The normalized spacial score (nSPS) is 17.8. The first-order valence-electron chi connectivity index (χ1n) is 10.7. The molecule has 1 aliphatic heterocycles. The van der Waals surface area contributed by atoms with Gasteiger partial charge in [0.2, 0.25) is 5.91 Å². The SMILES string of the molecule is CCC[C@@H](NC(=O)OCC1c2ccccc2-c2ccccc21)C(=O)N1CCC1C(=O)O. The molecule has 1 heterocycles. The number of alkyl carbamates (subject to hydrolysis) is 1. The number of benzene rings is 2. The number of amides is 2. The van der Waals surface area contributed by atoms with Gasteiger partial charge < -0.3 is 20.1 Å². The molecule has 0 bridgehead atoms. The van der Waals surface area contributed by atoms with Gasteiger partial charge in [-0.1, -0.05) is 61.9 Å². The Hall–Kier alpha value is -3.35. The number of nitrogens with zero attached hydrogens (tertiary/aromatic N) is 1. The number of rotatable bonds is 7. The van der Waals surface area contributed by atoms with E-state index >= 15 is 0 Å². The molecule has 2 aliphatic rings. The number of hydrogen-bond acceptors (Lipinski definition) is 4. The molecule has 4 rings (SSSR count). The molecular formula is C24H26N2O5. The van der Waals surface area contributed by atoms with Gasteiger partial charge in [0.1, 0.15) is 18.7 Å². The van der Waals surface area contributed by atoms with Crippen molar-refractivity contribution in [2.24, 2.45) is 0 Å². The van der Waals surface area contributed by atoms with E-state index in [1.807, 2.05) is 43.3 Å². The molecule has 1 fully saturated rings. The van der Waals surface area contributed by atoms with Crippen LogP contribution in [0.1, 0.15) is 43.2 Å². The second-order valence-electron chi connectivity index (χ2n) is 7.99. The van der Waals surface area contributed by atoms with Crippen LogP contribution in [0.3, 0.4) is 0 Å². The first-order valence-corrected chi connectivity index (χ1v) is 10.7. The van der Waals surface area contributed by atoms with E-state index in [0.717, 1.165) is 22.3 Å². The number of carbonyl (C=O) groups is 3. The fourth-order valence-electron chi connectivity index (χ4n) is 4.44. The summed E-state index contributed by atoms with van der Waals surface area (Å²) in [5.74, 6) is -1.45. The Morgan fingerprint density at radius 2 is 1.71 bits per heavy atom. The number of carboxylic acid groups (broad SMARTS) is 1. The smallest absolute Gasteiger partial charge is 0.407 e. The molecular weight excluding hydrogens is 396 g/mol. The quantitative estimate of drug-likeness (QED) is 0.713. The Labute approximate surface area is 181 Å². The molecule has 1 unspecified atom stereocenters. The number of fused-ring (bicyclic) bond motifs is 3. The number of likely N-dealkylation sites (tertiary alicyclic amines) is 1. The summed E-state index contributed by atoms with van der Waals surface area (Å²) in [4.78, 5) is 37.8. The van der Waals surface area contributed by atoms with Gasteiger partial charge in [-0.2, -0.15) is 0 Å². The van der Waals surface area contributed by atoms with Crippen LogP contribution in [-0.2, 0) is 14.3 Å². The number of carboxylic acids is 1. The highest BCUT2D eigenvalue weighted by molar-refractivity contribution is 5.90. The summed E-state index contributed by atoms with van der Waals surface area (Å²) in [5, 5.41) is 11.9. The van der Waals surface area contributed by atoms with Gasteiger partial charge in [-0.3, -0.25) is 4.79 Å². The highest BCUT2D eigenvalue weighted by atomic mass is 16.5. The molecule has 2 aromatic carbocycles. The molecule has 0 spiro atoms. The van der Waals surface area contributed by atoms with E-state index in [1.54, 1.807) is 0 Å². The minimum Gasteiger partial charge on any atom is -0.480 e. The molecule has 1 aliphatic carbocycles. The van der Waals surface area contributed by atoms with Crippen molar-refractivity contribution in [3.63, 3.8) is 0 Å². The second kappa shape index (κ2) is 8.79. The fraction of sp³-hybridized carbons (Fsp3) is 0.375. The number of carbonyl (C=O) groups excluding carboxylic acids is 2. The van der Waals surface area contributed by atoms with Crippen molar-refractivity contribution in [2.75, 3.05) is 13.2 Å². The molecule has 31 heavy (non-hydrogen) atoms. The van der Waals surface area contributed by atoms with Crippen molar-refractivity contribution in [3.8, 4) is 11.1 Å². The summed E-state index contributed by atoms with van der Waals surface area (Å²) >= 11 is 0. The molecule has 2 aromatic rings. The van der Waals surface area contributed by atoms with E-state index in [0.29, 0.717) is 25.8 Å². The minimum atomic E-state index is -1.02. The molecule has 0 radical (unpaired) electrons. The maximum absolute atomic E-state index is 12.7. The van der Waals surface area contributed by atoms with Crippen LogP contribution in [0, 0.1) is 0 Å². The van der Waals surface area contributed by atoms with E-state index in [2.05, 4.69) is 17.4 Å². The standard InChI is InChI=1S/C24H26N2O5/c1-2-7-20(22(27)26-13-12-21(26)23(28)29)25-24(30)31-14-19-17-10-5-3-8-15(17)16-9-4-6-11-18(16)19/h3-6,8-11,19-21H,2,7,12-14H2,1H3,(H,25,30)(H,28,29)/t20-,21?/m1/s1. The molecule has 1 saturated heterocycles. The lowest BCUT2D eigenvalue weighted by Crippen LogP contribution is -2.60. The summed E-state index contributed by atoms with van der Waals surface area (Å²) in [6, 6.07) is 14.5. The lowest BCUT2D eigenvalue weighted by atomic mass is 9.98. The third kappa shape index (κ3) is 4.00. The molecule has 162 valence electrons. The highest BCUT2D eigenvalue weighted by Crippen LogP contribution is 2.44. The van der Waals surface area contributed by atoms with Gasteiger partial charge in [0.15, 0.2) is 0 Å². The topological polar surface area (TPSA) is 95.9 Å². The van der Waals surface area contributed by atoms with Crippen LogP contribution in [0.5, 0.6) is 0 Å². The zero-order valence-corrected chi connectivity index (χ0v) is 17.4. The Balaban J connectivity index is 1.41. The van der Waals surface area contributed by atoms with Crippen molar-refractivity contribution < 1.29 is 24.2 Å². The van der Waals surface area contributed by atoms with Crippen LogP contribution in [0.15, 0.2) is 48.5 Å². The first kappa shape index (κ1) is 20.9. The zero-order valence-electron chi connectivity index (χ0n) is 17.4. The van der Waals surface area contributed by atoms with E-state index in [1.165, 1.54) is 4.90 Å². The highest BCUT2D eigenvalue weighted by Gasteiger charge is 2.40. The minimum absolute atomic E-state index is 0.0646. The monoisotopic (exact) mass is 422 g/mol. The van der Waals surface area contributed by atoms with Gasteiger partial charge >= 0.3 is 12.1 Å². The molecule has 2 N–H and O–H groups in total. The summed E-state index contributed by atoms with van der Waals surface area (Å²) in [7, 11) is 0. The van der Waals surface area contributed by atoms with Gasteiger partial charge in [0.25, 0.3) is 0 Å². The van der Waals surface area contributed by atoms with Crippen LogP contribution in [0.2, 0.25) is 0 Å².